The minimum absolute atomic E-state index is 0.139. The van der Waals surface area contributed by atoms with Gasteiger partial charge in [0.15, 0.2) is 0 Å². The van der Waals surface area contributed by atoms with Crippen LogP contribution in [0.3, 0.4) is 0 Å². The van der Waals surface area contributed by atoms with Crippen LogP contribution in [-0.2, 0) is 10.0 Å². The molecule has 2 aromatic rings. The number of rotatable bonds is 4. The molecule has 0 bridgehead atoms. The van der Waals surface area contributed by atoms with E-state index in [1.165, 1.54) is 24.3 Å². The summed E-state index contributed by atoms with van der Waals surface area (Å²) in [6, 6.07) is 14.8. The smallest absolute Gasteiger partial charge is 0.207 e. The Kier molecular flexibility index (Phi) is 4.78. The maximum absolute atomic E-state index is 12.3. The summed E-state index contributed by atoms with van der Waals surface area (Å²) in [6.45, 7) is 1.78. The summed E-state index contributed by atoms with van der Waals surface area (Å²) < 4.78 is 28.1. The van der Waals surface area contributed by atoms with E-state index in [0.717, 1.165) is 10.0 Å². The normalized spacial score (nSPS) is 12.6. The van der Waals surface area contributed by atoms with E-state index in [9.17, 15) is 8.42 Å². The summed E-state index contributed by atoms with van der Waals surface area (Å²) in [4.78, 5) is 0.139. The van der Waals surface area contributed by atoms with Crippen molar-refractivity contribution in [1.29, 1.82) is 5.26 Å². The van der Waals surface area contributed by atoms with Crippen LogP contribution in [0, 0.1) is 11.3 Å². The summed E-state index contributed by atoms with van der Waals surface area (Å²) in [5.41, 5.74) is 1.28. The predicted molar refractivity (Wildman–Crippen MR) is 84.0 cm³/mol. The van der Waals surface area contributed by atoms with Crippen LogP contribution in [0.25, 0.3) is 0 Å². The number of nitrogens with one attached hydrogen (secondary N) is 1. The average molecular weight is 365 g/mol. The Morgan fingerprint density at radius 1 is 1.14 bits per heavy atom. The van der Waals surface area contributed by atoms with Crippen molar-refractivity contribution in [2.75, 3.05) is 0 Å². The first-order valence-corrected chi connectivity index (χ1v) is 8.48. The summed E-state index contributed by atoms with van der Waals surface area (Å²) in [5, 5.41) is 8.74. The van der Waals surface area contributed by atoms with E-state index in [1.54, 1.807) is 6.92 Å². The first-order valence-electron chi connectivity index (χ1n) is 6.21. The van der Waals surface area contributed by atoms with Gasteiger partial charge in [0, 0.05) is 10.5 Å². The summed E-state index contributed by atoms with van der Waals surface area (Å²) in [5.74, 6) is 0. The highest BCUT2D eigenvalue weighted by Gasteiger charge is 2.19. The van der Waals surface area contributed by atoms with Crippen LogP contribution >= 0.6 is 15.9 Å². The highest BCUT2D eigenvalue weighted by atomic mass is 79.9. The Morgan fingerprint density at radius 2 is 1.76 bits per heavy atom. The lowest BCUT2D eigenvalue weighted by Crippen LogP contribution is -2.27. The predicted octanol–water partition coefficient (Wildman–Crippen LogP) is 3.36. The lowest BCUT2D eigenvalue weighted by molar-refractivity contribution is 0.566. The van der Waals surface area contributed by atoms with Gasteiger partial charge in [0.1, 0.15) is 0 Å². The molecule has 2 aromatic carbocycles. The van der Waals surface area contributed by atoms with Crippen molar-refractivity contribution >= 4 is 26.0 Å². The van der Waals surface area contributed by atoms with Crippen molar-refractivity contribution in [3.05, 3.63) is 64.1 Å². The molecule has 0 aliphatic heterocycles. The first kappa shape index (κ1) is 15.7. The molecule has 21 heavy (non-hydrogen) atoms. The van der Waals surface area contributed by atoms with E-state index in [2.05, 4.69) is 20.7 Å². The number of nitrogens with zero attached hydrogens (tertiary/aromatic N) is 1. The molecular weight excluding hydrogens is 352 g/mol. The second-order valence-electron chi connectivity index (χ2n) is 4.50. The standard InChI is InChI=1S/C15H13BrN2O2S/c1-11(14-4-2-3-5-15(14)16)18-21(19,20)13-8-6-12(10-17)7-9-13/h2-9,11,18H,1H3. The van der Waals surface area contributed by atoms with Crippen molar-refractivity contribution in [3.63, 3.8) is 0 Å². The third-order valence-electron chi connectivity index (χ3n) is 3.00. The molecule has 0 aromatic heterocycles. The highest BCUT2D eigenvalue weighted by molar-refractivity contribution is 9.10. The zero-order valence-corrected chi connectivity index (χ0v) is 13.6. The Balaban J connectivity index is 2.25. The number of sulfonamides is 1. The molecule has 0 heterocycles. The van der Waals surface area contributed by atoms with Gasteiger partial charge in [-0.25, -0.2) is 13.1 Å². The second kappa shape index (κ2) is 6.39. The Morgan fingerprint density at radius 3 is 2.33 bits per heavy atom. The molecule has 0 saturated heterocycles. The lowest BCUT2D eigenvalue weighted by Gasteiger charge is -2.16. The van der Waals surface area contributed by atoms with Gasteiger partial charge in [-0.2, -0.15) is 5.26 Å². The zero-order chi connectivity index (χ0) is 15.5. The topological polar surface area (TPSA) is 70.0 Å². The average Bonchev–Trinajstić information content (AvgIpc) is 2.47. The maximum atomic E-state index is 12.3. The number of hydrogen-bond donors (Lipinski definition) is 1. The highest BCUT2D eigenvalue weighted by Crippen LogP contribution is 2.24. The zero-order valence-electron chi connectivity index (χ0n) is 11.2. The summed E-state index contributed by atoms with van der Waals surface area (Å²) >= 11 is 3.41. The molecule has 0 radical (unpaired) electrons. The molecule has 4 nitrogen and oxygen atoms in total. The van der Waals surface area contributed by atoms with Gasteiger partial charge < -0.3 is 0 Å². The molecule has 6 heteroatoms. The Hall–Kier alpha value is -1.68. The van der Waals surface area contributed by atoms with E-state index < -0.39 is 10.0 Å². The second-order valence-corrected chi connectivity index (χ2v) is 7.07. The minimum Gasteiger partial charge on any atom is -0.207 e. The quantitative estimate of drug-likeness (QED) is 0.903. The molecule has 0 fully saturated rings. The minimum atomic E-state index is -3.63. The molecule has 0 saturated carbocycles. The summed E-state index contributed by atoms with van der Waals surface area (Å²) in [7, 11) is -3.63. The van der Waals surface area contributed by atoms with E-state index in [-0.39, 0.29) is 10.9 Å². The molecular formula is C15H13BrN2O2S. The first-order chi connectivity index (χ1) is 9.94. The van der Waals surface area contributed by atoms with Crippen LogP contribution in [0.15, 0.2) is 57.9 Å². The third kappa shape index (κ3) is 3.70. The van der Waals surface area contributed by atoms with Gasteiger partial charge in [-0.3, -0.25) is 0 Å². The van der Waals surface area contributed by atoms with E-state index in [4.69, 9.17) is 5.26 Å². The fourth-order valence-corrected chi connectivity index (χ4v) is 3.75. The third-order valence-corrected chi connectivity index (χ3v) is 5.28. The van der Waals surface area contributed by atoms with Gasteiger partial charge in [0.2, 0.25) is 10.0 Å². The molecule has 1 atom stereocenters. The van der Waals surface area contributed by atoms with Crippen molar-refractivity contribution in [2.24, 2.45) is 0 Å². The van der Waals surface area contributed by atoms with Crippen molar-refractivity contribution in [1.82, 2.24) is 4.72 Å². The molecule has 0 spiro atoms. The van der Waals surface area contributed by atoms with E-state index >= 15 is 0 Å². The molecule has 0 amide bonds. The van der Waals surface area contributed by atoms with Gasteiger partial charge >= 0.3 is 0 Å². The number of hydrogen-bond acceptors (Lipinski definition) is 3. The molecule has 108 valence electrons. The molecule has 1 N–H and O–H groups in total. The van der Waals surface area contributed by atoms with Gasteiger partial charge in [-0.05, 0) is 42.8 Å². The van der Waals surface area contributed by atoms with E-state index in [1.807, 2.05) is 30.3 Å². The van der Waals surface area contributed by atoms with Gasteiger partial charge in [-0.15, -0.1) is 0 Å². The molecule has 0 aliphatic rings. The monoisotopic (exact) mass is 364 g/mol. The fourth-order valence-electron chi connectivity index (χ4n) is 1.90. The van der Waals surface area contributed by atoms with Crippen LogP contribution in [0.1, 0.15) is 24.1 Å². The van der Waals surface area contributed by atoms with Gasteiger partial charge in [-0.1, -0.05) is 34.1 Å². The fraction of sp³-hybridized carbons (Fsp3) is 0.133. The number of halogens is 1. The van der Waals surface area contributed by atoms with Crippen LogP contribution in [0.4, 0.5) is 0 Å². The van der Waals surface area contributed by atoms with Crippen molar-refractivity contribution < 1.29 is 8.42 Å². The Bertz CT molecular complexity index is 780. The van der Waals surface area contributed by atoms with Gasteiger partial charge in [0.05, 0.1) is 16.5 Å². The molecule has 2 rings (SSSR count). The van der Waals surface area contributed by atoms with Crippen molar-refractivity contribution in [2.45, 2.75) is 17.9 Å². The molecule has 1 unspecified atom stereocenters. The van der Waals surface area contributed by atoms with E-state index in [0.29, 0.717) is 5.56 Å². The number of benzene rings is 2. The molecule has 0 aliphatic carbocycles. The van der Waals surface area contributed by atoms with Crippen LogP contribution in [-0.4, -0.2) is 8.42 Å². The largest absolute Gasteiger partial charge is 0.241 e. The van der Waals surface area contributed by atoms with Crippen molar-refractivity contribution in [3.8, 4) is 6.07 Å². The van der Waals surface area contributed by atoms with Crippen LogP contribution in [0.2, 0.25) is 0 Å². The van der Waals surface area contributed by atoms with Crippen LogP contribution in [0.5, 0.6) is 0 Å². The van der Waals surface area contributed by atoms with Crippen LogP contribution < -0.4 is 4.72 Å². The lowest BCUT2D eigenvalue weighted by atomic mass is 10.1. The SMILES string of the molecule is CC(NS(=O)(=O)c1ccc(C#N)cc1)c1ccccc1Br. The summed E-state index contributed by atoms with van der Waals surface area (Å²) in [6.07, 6.45) is 0. The number of nitriles is 1. The Labute approximate surface area is 132 Å². The van der Waals surface area contributed by atoms with Gasteiger partial charge in [0.25, 0.3) is 0 Å². The maximum Gasteiger partial charge on any atom is 0.241 e.